The number of hydrogen-bond donors (Lipinski definition) is 2. The van der Waals surface area contributed by atoms with Crippen molar-refractivity contribution in [2.45, 2.75) is 205 Å². The molecule has 2 aromatic rings. The van der Waals surface area contributed by atoms with E-state index in [-0.39, 0.29) is 38.6 Å². The number of rotatable bonds is 20. The fourth-order valence-corrected chi connectivity index (χ4v) is 10.7. The molecule has 3 saturated heterocycles. The van der Waals surface area contributed by atoms with Crippen molar-refractivity contribution in [1.29, 1.82) is 0 Å². The van der Waals surface area contributed by atoms with E-state index in [9.17, 15) is 34.2 Å². The highest BCUT2D eigenvalue weighted by Gasteiger charge is 2.54. The van der Waals surface area contributed by atoms with Gasteiger partial charge in [0.05, 0.1) is 36.9 Å². The molecule has 5 rings (SSSR count). The van der Waals surface area contributed by atoms with Gasteiger partial charge in [0.2, 0.25) is 0 Å². The monoisotopic (exact) mass is 1070 g/mol. The summed E-state index contributed by atoms with van der Waals surface area (Å²) in [4.78, 5) is 68.6. The molecule has 0 radical (unpaired) electrons. The van der Waals surface area contributed by atoms with E-state index in [0.29, 0.717) is 32.5 Å². The number of β-amino-alcohol motifs (C(OH)–C–C–N with tert-alkyl or cyclic N) is 1. The Labute approximate surface area is 449 Å². The standard InChI is InChI=1S/C57H86N2O17/c1-12-46(63)72-45-31-48(65)69-36(4)25-28-59(27-19-23-41-22-17-18-24-44(41)68-34-40-20-15-14-16-21-40)33-43(62)35(3)30-42(26-29-60)53(54(45)67-11)75-56-51(66)50(58(9)10)52(37(5)71-56)74-49-32-57(8,76-39(7)61)55(38(6)70-49)73-47(64)13-2/h14-18,20-22,24,29,35-38,42-43,45,49-56,62,66H,12-13,19,23,25-28,30-34H2,1-11H3/t35-,36-,37?,38?,42+,43+,45-,49?,50?,51?,52?,53+,54?,55?,56?,57?/m1/s1. The molecule has 0 saturated carbocycles. The van der Waals surface area contributed by atoms with Crippen LogP contribution in [0.5, 0.6) is 5.75 Å². The average Bonchev–Trinajstić information content (AvgIpc) is 3.36. The molecule has 19 nitrogen and oxygen atoms in total. The van der Waals surface area contributed by atoms with Crippen LogP contribution in [0.1, 0.15) is 118 Å². The van der Waals surface area contributed by atoms with Crippen LogP contribution in [0.2, 0.25) is 0 Å². The summed E-state index contributed by atoms with van der Waals surface area (Å²) in [6.07, 6.45) is -9.95. The van der Waals surface area contributed by atoms with Crippen molar-refractivity contribution in [3.05, 3.63) is 65.7 Å². The summed E-state index contributed by atoms with van der Waals surface area (Å²) in [7, 11) is 4.89. The zero-order chi connectivity index (χ0) is 55.7. The summed E-state index contributed by atoms with van der Waals surface area (Å²) < 4.78 is 62.1. The summed E-state index contributed by atoms with van der Waals surface area (Å²) >= 11 is 0. The second-order valence-corrected chi connectivity index (χ2v) is 21.1. The quantitative estimate of drug-likeness (QED) is 0.0916. The molecule has 76 heavy (non-hydrogen) atoms. The van der Waals surface area contributed by atoms with Crippen LogP contribution in [0.3, 0.4) is 0 Å². The average molecular weight is 1070 g/mol. The number of esters is 4. The molecule has 3 aliphatic heterocycles. The minimum Gasteiger partial charge on any atom is -0.489 e. The molecule has 0 bridgehead atoms. The maximum absolute atomic E-state index is 13.9. The van der Waals surface area contributed by atoms with Gasteiger partial charge in [0.1, 0.15) is 49.2 Å². The van der Waals surface area contributed by atoms with E-state index in [1.54, 1.807) is 60.5 Å². The first-order chi connectivity index (χ1) is 36.2. The van der Waals surface area contributed by atoms with Gasteiger partial charge in [-0.1, -0.05) is 69.3 Å². The molecule has 2 N–H and O–H groups in total. The van der Waals surface area contributed by atoms with Crippen LogP contribution in [0, 0.1) is 11.8 Å². The predicted molar refractivity (Wildman–Crippen MR) is 279 cm³/mol. The number of para-hydroxylation sites is 1. The number of aldehydes is 1. The number of carbonyl (C=O) groups excluding carboxylic acids is 5. The minimum atomic E-state index is -1.44. The van der Waals surface area contributed by atoms with E-state index < -0.39 is 127 Å². The summed E-state index contributed by atoms with van der Waals surface area (Å²) in [6, 6.07) is 17.1. The highest BCUT2D eigenvalue weighted by Crippen LogP contribution is 2.39. The van der Waals surface area contributed by atoms with Crippen molar-refractivity contribution < 1.29 is 81.6 Å². The Bertz CT molecular complexity index is 2130. The Hall–Kier alpha value is -4.57. The third-order valence-electron chi connectivity index (χ3n) is 14.7. The molecule has 2 aromatic carbocycles. The van der Waals surface area contributed by atoms with Crippen molar-refractivity contribution in [2.75, 3.05) is 40.8 Å². The third kappa shape index (κ3) is 17.7. The van der Waals surface area contributed by atoms with E-state index >= 15 is 0 Å². The number of hydrogen-bond acceptors (Lipinski definition) is 19. The number of ether oxygens (including phenoxy) is 10. The van der Waals surface area contributed by atoms with Crippen LogP contribution < -0.4 is 4.74 Å². The molecule has 0 amide bonds. The van der Waals surface area contributed by atoms with Gasteiger partial charge in [0.15, 0.2) is 24.3 Å². The second-order valence-electron chi connectivity index (χ2n) is 21.1. The van der Waals surface area contributed by atoms with Crippen LogP contribution in [-0.4, -0.2) is 176 Å². The number of carbonyl (C=O) groups is 5. The first kappa shape index (κ1) is 62.3. The summed E-state index contributed by atoms with van der Waals surface area (Å²) in [5.74, 6) is -2.70. The van der Waals surface area contributed by atoms with Crippen LogP contribution in [0.15, 0.2) is 54.6 Å². The van der Waals surface area contributed by atoms with Crippen molar-refractivity contribution >= 4 is 30.2 Å². The number of aliphatic hydroxyl groups excluding tert-OH is 2. The highest BCUT2D eigenvalue weighted by atomic mass is 16.7. The van der Waals surface area contributed by atoms with Gasteiger partial charge in [-0.25, -0.2) is 0 Å². The van der Waals surface area contributed by atoms with Gasteiger partial charge >= 0.3 is 23.9 Å². The number of cyclic esters (lactones) is 1. The zero-order valence-electron chi connectivity index (χ0n) is 46.5. The van der Waals surface area contributed by atoms with Crippen LogP contribution in [0.25, 0.3) is 0 Å². The molecule has 10 unspecified atom stereocenters. The van der Waals surface area contributed by atoms with Gasteiger partial charge in [0, 0.05) is 52.8 Å². The van der Waals surface area contributed by atoms with E-state index in [0.717, 1.165) is 29.6 Å². The fourth-order valence-electron chi connectivity index (χ4n) is 10.7. The number of nitrogens with zero attached hydrogens (tertiary/aromatic N) is 2. The summed E-state index contributed by atoms with van der Waals surface area (Å²) in [6.45, 7) is 15.2. The molecule has 0 spiro atoms. The summed E-state index contributed by atoms with van der Waals surface area (Å²) in [5, 5.41) is 24.4. The Morgan fingerprint density at radius 1 is 0.895 bits per heavy atom. The Kier molecular flexibility index (Phi) is 24.6. The zero-order valence-corrected chi connectivity index (χ0v) is 46.5. The minimum absolute atomic E-state index is 0.0189. The molecular formula is C57H86N2O17. The Morgan fingerprint density at radius 2 is 1.58 bits per heavy atom. The van der Waals surface area contributed by atoms with Gasteiger partial charge in [-0.15, -0.1) is 0 Å². The lowest BCUT2D eigenvalue weighted by Crippen LogP contribution is -2.66. The Morgan fingerprint density at radius 3 is 2.24 bits per heavy atom. The normalized spacial score (nSPS) is 33.2. The molecule has 0 aromatic heterocycles. The smallest absolute Gasteiger partial charge is 0.309 e. The molecule has 16 atom stereocenters. The first-order valence-corrected chi connectivity index (χ1v) is 27.1. The van der Waals surface area contributed by atoms with Crippen molar-refractivity contribution in [3.8, 4) is 5.75 Å². The number of methoxy groups -OCH3 is 1. The van der Waals surface area contributed by atoms with Crippen LogP contribution in [-0.2, 0) is 79.6 Å². The summed E-state index contributed by atoms with van der Waals surface area (Å²) in [5.41, 5.74) is 0.792. The van der Waals surface area contributed by atoms with Crippen molar-refractivity contribution in [3.63, 3.8) is 0 Å². The van der Waals surface area contributed by atoms with Gasteiger partial charge in [-0.3, -0.25) is 19.2 Å². The molecule has 3 fully saturated rings. The predicted octanol–water partition coefficient (Wildman–Crippen LogP) is 5.74. The fraction of sp³-hybridized carbons (Fsp3) is 0.702. The number of aliphatic hydroxyl groups is 2. The molecule has 0 aliphatic carbocycles. The molecule has 426 valence electrons. The lowest BCUT2D eigenvalue weighted by Gasteiger charge is -2.50. The maximum Gasteiger partial charge on any atom is 0.309 e. The SMILES string of the molecule is CCC(=O)OC1C(C)OC(OC2C(C)OC(O[C@@H]3C(OC)[C@H](OC(=O)CC)CC(=O)O[C@H](C)CCN(CCCc4ccccc4OCc4ccccc4)C[C@H](O)[C@H](C)C[C@@H]3CC=O)C(O)C2N(C)C)CC1(C)OC(C)=O. The van der Waals surface area contributed by atoms with E-state index in [2.05, 4.69) is 11.0 Å². The van der Waals surface area contributed by atoms with E-state index in [1.807, 2.05) is 55.5 Å². The molecule has 3 heterocycles. The van der Waals surface area contributed by atoms with Crippen molar-refractivity contribution in [1.82, 2.24) is 9.80 Å². The third-order valence-corrected chi connectivity index (χ3v) is 14.7. The highest BCUT2D eigenvalue weighted by molar-refractivity contribution is 5.73. The Balaban J connectivity index is 1.41. The largest absolute Gasteiger partial charge is 0.489 e. The lowest BCUT2D eigenvalue weighted by molar-refractivity contribution is -0.344. The topological polar surface area (TPSA) is 225 Å². The number of aryl methyl sites for hydroxylation is 1. The van der Waals surface area contributed by atoms with Gasteiger partial charge in [-0.05, 0) is 103 Å². The molecule has 3 aliphatic rings. The van der Waals surface area contributed by atoms with Gasteiger partial charge < -0.3 is 72.2 Å². The van der Waals surface area contributed by atoms with Crippen LogP contribution >= 0.6 is 0 Å². The molecular weight excluding hydrogens is 985 g/mol. The second kappa shape index (κ2) is 30.0. The van der Waals surface area contributed by atoms with Gasteiger partial charge in [-0.2, -0.15) is 0 Å². The lowest BCUT2D eigenvalue weighted by atomic mass is 9.82. The first-order valence-electron chi connectivity index (χ1n) is 27.1. The van der Waals surface area contributed by atoms with E-state index in [1.165, 1.54) is 14.0 Å². The van der Waals surface area contributed by atoms with Gasteiger partial charge in [0.25, 0.3) is 0 Å². The van der Waals surface area contributed by atoms with Crippen molar-refractivity contribution in [2.24, 2.45) is 11.8 Å². The number of benzene rings is 2. The van der Waals surface area contributed by atoms with E-state index in [4.69, 9.17) is 47.4 Å². The number of likely N-dealkylation sites (N-methyl/N-ethyl adjacent to an activating group) is 1. The van der Waals surface area contributed by atoms with Crippen LogP contribution in [0.4, 0.5) is 0 Å². The maximum atomic E-state index is 13.9. The molecule has 19 heteroatoms.